The Morgan fingerprint density at radius 1 is 0.650 bits per heavy atom. The lowest BCUT2D eigenvalue weighted by Crippen LogP contribution is -1.83. The van der Waals surface area contributed by atoms with Gasteiger partial charge in [0.2, 0.25) is 0 Å². The van der Waals surface area contributed by atoms with E-state index in [2.05, 4.69) is 0 Å². The predicted molar refractivity (Wildman–Crippen MR) is 84.4 cm³/mol. The first-order valence-electron chi connectivity index (χ1n) is 5.89. The first kappa shape index (κ1) is 13.7. The summed E-state index contributed by atoms with van der Waals surface area (Å²) in [4.78, 5) is 0. The van der Waals surface area contributed by atoms with Gasteiger partial charge in [-0.1, -0.05) is 53.0 Å². The Balaban J connectivity index is 2.20. The topological polar surface area (TPSA) is 0 Å². The molecule has 0 spiro atoms. The molecule has 0 amide bonds. The summed E-state index contributed by atoms with van der Waals surface area (Å²) in [5.41, 5.74) is 1.71. The zero-order valence-corrected chi connectivity index (χ0v) is 12.4. The fourth-order valence-corrected chi connectivity index (χ4v) is 2.78. The molecule has 0 radical (unpaired) electrons. The monoisotopic (exact) mass is 324 g/mol. The van der Waals surface area contributed by atoms with Crippen molar-refractivity contribution in [3.63, 3.8) is 0 Å². The maximum atomic E-state index is 13.2. The van der Waals surface area contributed by atoms with Crippen molar-refractivity contribution in [2.45, 2.75) is 0 Å². The zero-order chi connectivity index (χ0) is 14.3. The molecule has 0 bridgehead atoms. The largest absolute Gasteiger partial charge is 0.207 e. The molecule has 3 aromatic rings. The second-order valence-corrected chi connectivity index (χ2v) is 5.67. The van der Waals surface area contributed by atoms with Crippen molar-refractivity contribution < 1.29 is 4.39 Å². The summed E-state index contributed by atoms with van der Waals surface area (Å²) in [5, 5.41) is 3.17. The summed E-state index contributed by atoms with van der Waals surface area (Å²) < 4.78 is 13.2. The Kier molecular flexibility index (Phi) is 3.59. The van der Waals surface area contributed by atoms with Crippen molar-refractivity contribution in [2.75, 3.05) is 0 Å². The van der Waals surface area contributed by atoms with Gasteiger partial charge in [0.25, 0.3) is 0 Å². The van der Waals surface area contributed by atoms with Crippen LogP contribution in [0.5, 0.6) is 0 Å². The van der Waals surface area contributed by atoms with E-state index in [0.717, 1.165) is 21.9 Å². The molecular weight excluding hydrogens is 318 g/mol. The van der Waals surface area contributed by atoms with Gasteiger partial charge in [0, 0.05) is 10.6 Å². The van der Waals surface area contributed by atoms with Crippen molar-refractivity contribution in [2.24, 2.45) is 0 Å². The van der Waals surface area contributed by atoms with Crippen molar-refractivity contribution in [3.05, 3.63) is 69.4 Å². The first-order valence-corrected chi connectivity index (χ1v) is 7.02. The maximum absolute atomic E-state index is 13.2. The van der Waals surface area contributed by atoms with Gasteiger partial charge in [-0.05, 0) is 46.7 Å². The summed E-state index contributed by atoms with van der Waals surface area (Å²) in [6.45, 7) is 0. The molecule has 100 valence electrons. The highest BCUT2D eigenvalue weighted by Crippen LogP contribution is 2.36. The standard InChI is InChI=1S/C16H8Cl3F/c17-14-8-16(19)15(18)7-13(14)11-2-1-10-6-12(20)4-3-9(10)5-11/h1-8H. The Morgan fingerprint density at radius 2 is 1.30 bits per heavy atom. The van der Waals surface area contributed by atoms with Crippen LogP contribution in [0.1, 0.15) is 0 Å². The predicted octanol–water partition coefficient (Wildman–Crippen LogP) is 6.61. The van der Waals surface area contributed by atoms with Crippen molar-refractivity contribution in [1.82, 2.24) is 0 Å². The molecule has 0 saturated heterocycles. The third kappa shape index (κ3) is 2.49. The molecule has 20 heavy (non-hydrogen) atoms. The number of rotatable bonds is 1. The van der Waals surface area contributed by atoms with E-state index in [1.807, 2.05) is 18.2 Å². The maximum Gasteiger partial charge on any atom is 0.123 e. The minimum Gasteiger partial charge on any atom is -0.207 e. The van der Waals surface area contributed by atoms with Crippen LogP contribution in [0.2, 0.25) is 15.1 Å². The second kappa shape index (κ2) is 5.25. The molecule has 3 aromatic carbocycles. The Morgan fingerprint density at radius 3 is 2.10 bits per heavy atom. The molecule has 0 nitrogen and oxygen atoms in total. The fourth-order valence-electron chi connectivity index (χ4n) is 2.13. The van der Waals surface area contributed by atoms with Gasteiger partial charge in [-0.25, -0.2) is 4.39 Å². The third-order valence-electron chi connectivity index (χ3n) is 3.12. The number of hydrogen-bond donors (Lipinski definition) is 0. The molecule has 0 heterocycles. The Hall–Kier alpha value is -1.28. The van der Waals surface area contributed by atoms with Crippen molar-refractivity contribution in [1.29, 1.82) is 0 Å². The van der Waals surface area contributed by atoms with Gasteiger partial charge in [0.1, 0.15) is 5.82 Å². The molecule has 0 aliphatic rings. The summed E-state index contributed by atoms with van der Waals surface area (Å²) in [6, 6.07) is 13.7. The molecule has 0 aromatic heterocycles. The third-order valence-corrected chi connectivity index (χ3v) is 4.16. The lowest BCUT2D eigenvalue weighted by molar-refractivity contribution is 0.630. The number of benzene rings is 3. The van der Waals surface area contributed by atoms with Gasteiger partial charge in [-0.2, -0.15) is 0 Å². The lowest BCUT2D eigenvalue weighted by Gasteiger charge is -2.08. The minimum atomic E-state index is -0.252. The normalized spacial score (nSPS) is 11.0. The van der Waals surface area contributed by atoms with E-state index in [0.29, 0.717) is 15.1 Å². The van der Waals surface area contributed by atoms with E-state index in [1.165, 1.54) is 12.1 Å². The Bertz CT molecular complexity index is 812. The Labute approximate surface area is 130 Å². The molecule has 0 saturated carbocycles. The number of halogens is 4. The van der Waals surface area contributed by atoms with Gasteiger partial charge >= 0.3 is 0 Å². The highest BCUT2D eigenvalue weighted by atomic mass is 35.5. The van der Waals surface area contributed by atoms with Gasteiger partial charge in [-0.15, -0.1) is 0 Å². The molecule has 0 aliphatic heterocycles. The minimum absolute atomic E-state index is 0.252. The second-order valence-electron chi connectivity index (χ2n) is 4.45. The van der Waals surface area contributed by atoms with Gasteiger partial charge < -0.3 is 0 Å². The van der Waals surface area contributed by atoms with Crippen LogP contribution in [0.4, 0.5) is 4.39 Å². The first-order chi connectivity index (χ1) is 9.54. The molecule has 0 atom stereocenters. The van der Waals surface area contributed by atoms with E-state index in [1.54, 1.807) is 18.2 Å². The molecule has 0 unspecified atom stereocenters. The van der Waals surface area contributed by atoms with Crippen LogP contribution in [0.15, 0.2) is 48.5 Å². The zero-order valence-electron chi connectivity index (χ0n) is 10.1. The molecule has 0 aliphatic carbocycles. The van der Waals surface area contributed by atoms with Crippen molar-refractivity contribution in [3.8, 4) is 11.1 Å². The number of hydrogen-bond acceptors (Lipinski definition) is 0. The quantitative estimate of drug-likeness (QED) is 0.442. The summed E-state index contributed by atoms with van der Waals surface area (Å²) in [5.74, 6) is -0.252. The number of fused-ring (bicyclic) bond motifs is 1. The fraction of sp³-hybridized carbons (Fsp3) is 0. The summed E-state index contributed by atoms with van der Waals surface area (Å²) in [7, 11) is 0. The van der Waals surface area contributed by atoms with Gasteiger partial charge in [0.05, 0.1) is 10.0 Å². The average Bonchev–Trinajstić information content (AvgIpc) is 2.42. The van der Waals surface area contributed by atoms with Crippen LogP contribution in [-0.4, -0.2) is 0 Å². The lowest BCUT2D eigenvalue weighted by atomic mass is 10.0. The smallest absolute Gasteiger partial charge is 0.123 e. The van der Waals surface area contributed by atoms with Crippen molar-refractivity contribution >= 4 is 45.6 Å². The highest BCUT2D eigenvalue weighted by molar-refractivity contribution is 6.44. The van der Waals surface area contributed by atoms with Crippen LogP contribution < -0.4 is 0 Å². The van der Waals surface area contributed by atoms with Crippen LogP contribution in [0.25, 0.3) is 21.9 Å². The van der Waals surface area contributed by atoms with E-state index < -0.39 is 0 Å². The van der Waals surface area contributed by atoms with Gasteiger partial charge in [0.15, 0.2) is 0 Å². The van der Waals surface area contributed by atoms with E-state index >= 15 is 0 Å². The summed E-state index contributed by atoms with van der Waals surface area (Å²) in [6.07, 6.45) is 0. The highest BCUT2D eigenvalue weighted by Gasteiger charge is 2.09. The molecule has 4 heteroatoms. The summed E-state index contributed by atoms with van der Waals surface area (Å²) >= 11 is 18.2. The SMILES string of the molecule is Fc1ccc2cc(-c3cc(Cl)c(Cl)cc3Cl)ccc2c1. The van der Waals surface area contributed by atoms with E-state index in [-0.39, 0.29) is 5.82 Å². The molecule has 0 N–H and O–H groups in total. The molecular formula is C16H8Cl3F. The van der Waals surface area contributed by atoms with E-state index in [9.17, 15) is 4.39 Å². The van der Waals surface area contributed by atoms with Crippen LogP contribution in [-0.2, 0) is 0 Å². The average molecular weight is 326 g/mol. The molecule has 3 rings (SSSR count). The molecule has 0 fully saturated rings. The van der Waals surface area contributed by atoms with Crippen LogP contribution >= 0.6 is 34.8 Å². The van der Waals surface area contributed by atoms with E-state index in [4.69, 9.17) is 34.8 Å². The van der Waals surface area contributed by atoms with Crippen LogP contribution in [0.3, 0.4) is 0 Å². The van der Waals surface area contributed by atoms with Crippen LogP contribution in [0, 0.1) is 5.82 Å². The van der Waals surface area contributed by atoms with Gasteiger partial charge in [-0.3, -0.25) is 0 Å².